The van der Waals surface area contributed by atoms with Crippen LogP contribution in [0.5, 0.6) is 0 Å². The van der Waals surface area contributed by atoms with E-state index in [1.807, 2.05) is 0 Å². The molecule has 2 heterocycles. The van der Waals surface area contributed by atoms with E-state index in [1.54, 1.807) is 21.3 Å². The number of carbonyl (C=O) groups excluding carboxylic acids is 2. The van der Waals surface area contributed by atoms with Crippen molar-refractivity contribution in [2.75, 3.05) is 47.8 Å². The number of nitrogens with zero attached hydrogens (tertiary/aromatic N) is 1. The van der Waals surface area contributed by atoms with Gasteiger partial charge in [0.1, 0.15) is 30.2 Å². The zero-order valence-corrected chi connectivity index (χ0v) is 24.0. The first-order valence-corrected chi connectivity index (χ1v) is 14.6. The van der Waals surface area contributed by atoms with Gasteiger partial charge in [0.2, 0.25) is 0 Å². The van der Waals surface area contributed by atoms with Crippen LogP contribution in [0.4, 0.5) is 0 Å². The molecule has 0 aromatic heterocycles. The van der Waals surface area contributed by atoms with Crippen LogP contribution in [0.2, 0.25) is 0 Å². The summed E-state index contributed by atoms with van der Waals surface area (Å²) in [6.07, 6.45) is 1.94. The van der Waals surface area contributed by atoms with Crippen LogP contribution in [-0.4, -0.2) is 106 Å². The Morgan fingerprint density at radius 1 is 1.05 bits per heavy atom. The molecule has 218 valence electrons. The number of esters is 2. The molecule has 5 saturated carbocycles. The van der Waals surface area contributed by atoms with Crippen molar-refractivity contribution in [2.24, 2.45) is 34.5 Å². The summed E-state index contributed by atoms with van der Waals surface area (Å²) in [7, 11) is 5.30. The topological polar surface area (TPSA) is 102 Å². The normalized spacial score (nSPS) is 54.4. The first-order chi connectivity index (χ1) is 18.7. The molecule has 2 saturated heterocycles. The first kappa shape index (κ1) is 26.6. The average Bonchev–Trinajstić information content (AvgIpc) is 3.46. The van der Waals surface area contributed by atoms with Crippen molar-refractivity contribution >= 4 is 11.9 Å². The van der Waals surface area contributed by atoms with Gasteiger partial charge in [-0.1, -0.05) is 6.92 Å². The molecule has 5 aliphatic carbocycles. The number of ether oxygens (including phenoxy) is 7. The molecular weight excluding hydrogens is 506 g/mol. The first-order valence-electron chi connectivity index (χ1n) is 14.6. The molecular formula is C29H43NO9. The lowest BCUT2D eigenvalue weighted by Gasteiger charge is -2.69. The van der Waals surface area contributed by atoms with Gasteiger partial charge in [-0.15, -0.1) is 0 Å². The lowest BCUT2D eigenvalue weighted by atomic mass is 9.42. The Labute approximate surface area is 230 Å². The maximum Gasteiger partial charge on any atom is 0.302 e. The lowest BCUT2D eigenvalue weighted by molar-refractivity contribution is -0.286. The molecule has 0 unspecified atom stereocenters. The van der Waals surface area contributed by atoms with Gasteiger partial charge in [0.25, 0.3) is 0 Å². The van der Waals surface area contributed by atoms with Gasteiger partial charge in [0.05, 0.1) is 24.9 Å². The molecule has 0 amide bonds. The summed E-state index contributed by atoms with van der Waals surface area (Å²) in [5, 5.41) is 0. The molecule has 7 aliphatic rings. The van der Waals surface area contributed by atoms with Crippen molar-refractivity contribution in [3.8, 4) is 0 Å². The van der Waals surface area contributed by atoms with Crippen molar-refractivity contribution in [1.29, 1.82) is 0 Å². The van der Waals surface area contributed by atoms with Gasteiger partial charge in [-0.05, 0) is 31.7 Å². The van der Waals surface area contributed by atoms with Crippen LogP contribution in [-0.2, 0) is 42.7 Å². The average molecular weight is 550 g/mol. The number of piperidine rings is 1. The summed E-state index contributed by atoms with van der Waals surface area (Å²) < 4.78 is 45.1. The Bertz CT molecular complexity index is 1060. The molecule has 0 aromatic rings. The second kappa shape index (κ2) is 8.61. The number of fused-ring (bicyclic) bond motifs is 1. The summed E-state index contributed by atoms with van der Waals surface area (Å²) in [6.45, 7) is 7.61. The van der Waals surface area contributed by atoms with E-state index in [0.29, 0.717) is 13.0 Å². The highest BCUT2D eigenvalue weighted by Crippen LogP contribution is 2.82. The molecule has 7 fully saturated rings. The van der Waals surface area contributed by atoms with E-state index in [9.17, 15) is 9.59 Å². The van der Waals surface area contributed by atoms with Crippen molar-refractivity contribution in [1.82, 2.24) is 4.90 Å². The largest absolute Gasteiger partial charge is 0.462 e. The van der Waals surface area contributed by atoms with Gasteiger partial charge < -0.3 is 33.2 Å². The summed E-state index contributed by atoms with van der Waals surface area (Å²) in [5.41, 5.74) is -2.29. The SMILES string of the molecule is CCN1C[C@]2(COC)CC[C@H](OC(C)=O)[C@@]34[C@@H]5C[C@H]6[C@H](OC(C)=O)[C@@H]5[C@@]5(C[C@@H]6OC)OCO[C@@]5([C@@H](OC)[C@H]23)[C@@H]14. The van der Waals surface area contributed by atoms with Gasteiger partial charge in [0, 0.05) is 76.7 Å². The van der Waals surface area contributed by atoms with E-state index in [4.69, 9.17) is 33.2 Å². The fourth-order valence-corrected chi connectivity index (χ4v) is 12.1. The fourth-order valence-electron chi connectivity index (χ4n) is 12.1. The molecule has 0 radical (unpaired) electrons. The smallest absolute Gasteiger partial charge is 0.302 e. The molecule has 7 bridgehead atoms. The minimum absolute atomic E-state index is 0.0211. The quantitative estimate of drug-likeness (QED) is 0.437. The van der Waals surface area contributed by atoms with E-state index >= 15 is 0 Å². The second-order valence-electron chi connectivity index (χ2n) is 13.2. The monoisotopic (exact) mass is 549 g/mol. The van der Waals surface area contributed by atoms with Gasteiger partial charge >= 0.3 is 11.9 Å². The molecule has 10 heteroatoms. The fraction of sp³-hybridized carbons (Fsp3) is 0.931. The molecule has 10 nitrogen and oxygen atoms in total. The maximum atomic E-state index is 12.7. The van der Waals surface area contributed by atoms with Gasteiger partial charge in [-0.2, -0.15) is 0 Å². The Morgan fingerprint density at radius 2 is 1.82 bits per heavy atom. The molecule has 3 spiro atoms. The van der Waals surface area contributed by atoms with E-state index < -0.39 is 16.6 Å². The van der Waals surface area contributed by atoms with Crippen LogP contribution in [0, 0.1) is 34.5 Å². The molecule has 0 aromatic carbocycles. The predicted octanol–water partition coefficient (Wildman–Crippen LogP) is 1.78. The van der Waals surface area contributed by atoms with Crippen LogP contribution in [0.3, 0.4) is 0 Å². The number of likely N-dealkylation sites (N-methyl/N-ethyl adjacent to an activating group) is 1. The number of methoxy groups -OCH3 is 3. The molecule has 13 atom stereocenters. The third-order valence-corrected chi connectivity index (χ3v) is 12.3. The van der Waals surface area contributed by atoms with Crippen LogP contribution < -0.4 is 0 Å². The Kier molecular flexibility index (Phi) is 5.87. The Balaban J connectivity index is 1.55. The third-order valence-electron chi connectivity index (χ3n) is 12.3. The van der Waals surface area contributed by atoms with Crippen molar-refractivity contribution < 1.29 is 42.7 Å². The standard InChI is InChI=1S/C29H43NO9/c1-7-30-12-26(13-33-4)9-8-20(38-15(2)31)28-18-10-17-19(34-5)11-27(21(18)22(17)39-16(3)32)29(25(28)30,37-14-36-27)24(35-6)23(26)28/h17-25H,7-14H2,1-6H3/t17-,18-,19+,20+,21-,22+,23-,24+,25+,26+,27-,28+,29+/m1/s1. The second-order valence-corrected chi connectivity index (χ2v) is 13.2. The van der Waals surface area contributed by atoms with Crippen molar-refractivity contribution in [2.45, 2.75) is 88.1 Å². The van der Waals surface area contributed by atoms with E-state index in [-0.39, 0.29) is 78.3 Å². The number of rotatable bonds is 7. The van der Waals surface area contributed by atoms with Crippen LogP contribution in [0.15, 0.2) is 0 Å². The molecule has 2 aliphatic heterocycles. The highest BCUT2D eigenvalue weighted by Gasteiger charge is 2.94. The van der Waals surface area contributed by atoms with E-state index in [0.717, 1.165) is 32.4 Å². The van der Waals surface area contributed by atoms with Crippen LogP contribution in [0.25, 0.3) is 0 Å². The summed E-state index contributed by atoms with van der Waals surface area (Å²) >= 11 is 0. The molecule has 0 N–H and O–H groups in total. The minimum atomic E-state index is -0.841. The van der Waals surface area contributed by atoms with Gasteiger partial charge in [-0.25, -0.2) is 0 Å². The zero-order valence-electron chi connectivity index (χ0n) is 24.0. The van der Waals surface area contributed by atoms with Crippen molar-refractivity contribution in [3.05, 3.63) is 0 Å². The predicted molar refractivity (Wildman–Crippen MR) is 135 cm³/mol. The number of hydrogen-bond donors (Lipinski definition) is 0. The molecule has 7 rings (SSSR count). The van der Waals surface area contributed by atoms with E-state index in [1.165, 1.54) is 13.8 Å². The van der Waals surface area contributed by atoms with Crippen LogP contribution in [0.1, 0.15) is 46.5 Å². The summed E-state index contributed by atoms with van der Waals surface area (Å²) in [5.74, 6) is -0.568. The summed E-state index contributed by atoms with van der Waals surface area (Å²) in [6, 6.07) is -0.0873. The number of carbonyl (C=O) groups is 2. The van der Waals surface area contributed by atoms with Crippen molar-refractivity contribution in [3.63, 3.8) is 0 Å². The number of likely N-dealkylation sites (tertiary alicyclic amines) is 1. The summed E-state index contributed by atoms with van der Waals surface area (Å²) in [4.78, 5) is 27.8. The highest BCUT2D eigenvalue weighted by atomic mass is 16.7. The Hall–Kier alpha value is -1.30. The maximum absolute atomic E-state index is 12.7. The lowest BCUT2D eigenvalue weighted by Crippen LogP contribution is -2.81. The third kappa shape index (κ3) is 2.80. The molecule has 39 heavy (non-hydrogen) atoms. The highest BCUT2D eigenvalue weighted by molar-refractivity contribution is 5.67. The van der Waals surface area contributed by atoms with Gasteiger partial charge in [-0.3, -0.25) is 14.5 Å². The van der Waals surface area contributed by atoms with E-state index in [2.05, 4.69) is 11.8 Å². The minimum Gasteiger partial charge on any atom is -0.462 e. The zero-order chi connectivity index (χ0) is 27.5. The van der Waals surface area contributed by atoms with Crippen LogP contribution >= 0.6 is 0 Å². The van der Waals surface area contributed by atoms with Gasteiger partial charge in [0.15, 0.2) is 0 Å². The Morgan fingerprint density at radius 3 is 2.46 bits per heavy atom. The number of hydrogen-bond acceptors (Lipinski definition) is 10.